The summed E-state index contributed by atoms with van der Waals surface area (Å²) >= 11 is 6.34. The van der Waals surface area contributed by atoms with Gasteiger partial charge in [-0.2, -0.15) is 0 Å². The molecule has 1 heterocycles. The largest absolute Gasteiger partial charge is 0.490 e. The highest BCUT2D eigenvalue weighted by atomic mass is 35.5. The van der Waals surface area contributed by atoms with Crippen LogP contribution in [0.2, 0.25) is 5.02 Å². The fourth-order valence-electron chi connectivity index (χ4n) is 2.72. The van der Waals surface area contributed by atoms with Crippen molar-refractivity contribution in [3.63, 3.8) is 0 Å². The fourth-order valence-corrected chi connectivity index (χ4v) is 2.98. The molecule has 0 aliphatic carbocycles. The van der Waals surface area contributed by atoms with Gasteiger partial charge in [0.25, 0.3) is 0 Å². The number of aliphatic hydroxyl groups excluding tert-OH is 1. The van der Waals surface area contributed by atoms with Crippen LogP contribution in [0.15, 0.2) is 12.1 Å². The molecule has 2 rings (SSSR count). The minimum Gasteiger partial charge on any atom is -0.490 e. The first-order valence-electron chi connectivity index (χ1n) is 7.65. The third-order valence-corrected chi connectivity index (χ3v) is 4.09. The summed E-state index contributed by atoms with van der Waals surface area (Å²) in [6, 6.07) is 3.56. The van der Waals surface area contributed by atoms with Gasteiger partial charge in [0, 0.05) is 24.1 Å². The van der Waals surface area contributed by atoms with Gasteiger partial charge >= 0.3 is 0 Å². The number of piperidine rings is 1. The number of aliphatic hydroxyl groups is 1. The van der Waals surface area contributed by atoms with Crippen molar-refractivity contribution in [1.29, 1.82) is 0 Å². The average molecular weight is 314 g/mol. The van der Waals surface area contributed by atoms with Gasteiger partial charge in [-0.3, -0.25) is 0 Å². The van der Waals surface area contributed by atoms with E-state index in [4.69, 9.17) is 21.1 Å². The van der Waals surface area contributed by atoms with E-state index in [0.29, 0.717) is 29.7 Å². The van der Waals surface area contributed by atoms with Crippen LogP contribution in [0.3, 0.4) is 0 Å². The number of ether oxygens (including phenoxy) is 2. The lowest BCUT2D eigenvalue weighted by atomic mass is 9.89. The SMILES string of the molecule is CCOc1cc(Cl)c(C(O)C2CCCNC2)cc1OCC. The van der Waals surface area contributed by atoms with E-state index in [1.165, 1.54) is 0 Å². The zero-order valence-electron chi connectivity index (χ0n) is 12.7. The van der Waals surface area contributed by atoms with Gasteiger partial charge in [-0.1, -0.05) is 11.6 Å². The van der Waals surface area contributed by atoms with E-state index < -0.39 is 6.10 Å². The van der Waals surface area contributed by atoms with E-state index in [9.17, 15) is 5.11 Å². The summed E-state index contributed by atoms with van der Waals surface area (Å²) in [6.45, 7) is 6.76. The molecule has 2 N–H and O–H groups in total. The van der Waals surface area contributed by atoms with E-state index in [0.717, 1.165) is 31.5 Å². The Kier molecular flexibility index (Phi) is 6.15. The van der Waals surface area contributed by atoms with Gasteiger partial charge in [0.2, 0.25) is 0 Å². The zero-order chi connectivity index (χ0) is 15.2. The van der Waals surface area contributed by atoms with E-state index >= 15 is 0 Å². The van der Waals surface area contributed by atoms with Gasteiger partial charge in [0.15, 0.2) is 11.5 Å². The third-order valence-electron chi connectivity index (χ3n) is 3.76. The second kappa shape index (κ2) is 7.87. The molecule has 4 nitrogen and oxygen atoms in total. The van der Waals surface area contributed by atoms with E-state index in [1.54, 1.807) is 6.07 Å². The summed E-state index contributed by atoms with van der Waals surface area (Å²) < 4.78 is 11.2. The molecule has 0 saturated carbocycles. The molecule has 1 fully saturated rings. The lowest BCUT2D eigenvalue weighted by Crippen LogP contribution is -2.33. The minimum atomic E-state index is -0.583. The Labute approximate surface area is 131 Å². The Morgan fingerprint density at radius 3 is 2.52 bits per heavy atom. The molecule has 0 bridgehead atoms. The highest BCUT2D eigenvalue weighted by molar-refractivity contribution is 6.31. The van der Waals surface area contributed by atoms with Gasteiger partial charge in [-0.25, -0.2) is 0 Å². The summed E-state index contributed by atoms with van der Waals surface area (Å²) in [5.41, 5.74) is 0.720. The van der Waals surface area contributed by atoms with Crippen LogP contribution in [0.1, 0.15) is 38.4 Å². The summed E-state index contributed by atoms with van der Waals surface area (Å²) in [4.78, 5) is 0. The number of halogens is 1. The summed E-state index contributed by atoms with van der Waals surface area (Å²) in [5.74, 6) is 1.45. The van der Waals surface area contributed by atoms with Crippen LogP contribution in [0, 0.1) is 5.92 Å². The highest BCUT2D eigenvalue weighted by Gasteiger charge is 2.26. The van der Waals surface area contributed by atoms with Gasteiger partial charge in [-0.05, 0) is 39.3 Å². The van der Waals surface area contributed by atoms with Crippen LogP contribution < -0.4 is 14.8 Å². The van der Waals surface area contributed by atoms with Crippen molar-refractivity contribution in [2.24, 2.45) is 5.92 Å². The smallest absolute Gasteiger partial charge is 0.162 e. The van der Waals surface area contributed by atoms with Crippen molar-refractivity contribution < 1.29 is 14.6 Å². The minimum absolute atomic E-state index is 0.184. The second-order valence-corrected chi connectivity index (χ2v) is 5.64. The Morgan fingerprint density at radius 1 is 1.29 bits per heavy atom. The fraction of sp³-hybridized carbons (Fsp3) is 0.625. The summed E-state index contributed by atoms with van der Waals surface area (Å²) in [5, 5.41) is 14.5. The maximum absolute atomic E-state index is 10.6. The average Bonchev–Trinajstić information content (AvgIpc) is 2.50. The van der Waals surface area contributed by atoms with Crippen molar-refractivity contribution in [2.75, 3.05) is 26.3 Å². The first kappa shape index (κ1) is 16.4. The molecule has 0 spiro atoms. The zero-order valence-corrected chi connectivity index (χ0v) is 13.4. The topological polar surface area (TPSA) is 50.7 Å². The maximum atomic E-state index is 10.6. The van der Waals surface area contributed by atoms with Crippen molar-refractivity contribution >= 4 is 11.6 Å². The predicted molar refractivity (Wildman–Crippen MR) is 84.3 cm³/mol. The number of nitrogens with one attached hydrogen (secondary N) is 1. The van der Waals surface area contributed by atoms with Crippen molar-refractivity contribution in [3.8, 4) is 11.5 Å². The second-order valence-electron chi connectivity index (χ2n) is 5.24. The van der Waals surface area contributed by atoms with Crippen LogP contribution in [-0.4, -0.2) is 31.4 Å². The van der Waals surface area contributed by atoms with E-state index in [1.807, 2.05) is 19.9 Å². The molecule has 1 saturated heterocycles. The van der Waals surface area contributed by atoms with Crippen molar-refractivity contribution in [2.45, 2.75) is 32.8 Å². The molecule has 0 amide bonds. The van der Waals surface area contributed by atoms with Crippen molar-refractivity contribution in [1.82, 2.24) is 5.32 Å². The molecule has 2 unspecified atom stereocenters. The maximum Gasteiger partial charge on any atom is 0.162 e. The van der Waals surface area contributed by atoms with Crippen molar-refractivity contribution in [3.05, 3.63) is 22.7 Å². The molecule has 2 atom stereocenters. The number of rotatable bonds is 6. The number of hydrogen-bond donors (Lipinski definition) is 2. The molecule has 1 aliphatic heterocycles. The highest BCUT2D eigenvalue weighted by Crippen LogP contribution is 2.39. The Balaban J connectivity index is 2.27. The Morgan fingerprint density at radius 2 is 1.95 bits per heavy atom. The van der Waals surface area contributed by atoms with Gasteiger partial charge < -0.3 is 19.9 Å². The molecule has 5 heteroatoms. The third kappa shape index (κ3) is 4.02. The first-order valence-corrected chi connectivity index (χ1v) is 8.03. The number of benzene rings is 1. The Bertz CT molecular complexity index is 461. The Hall–Kier alpha value is -0.970. The molecule has 1 aliphatic rings. The van der Waals surface area contributed by atoms with Crippen LogP contribution in [0.5, 0.6) is 11.5 Å². The summed E-state index contributed by atoms with van der Waals surface area (Å²) in [7, 11) is 0. The van der Waals surface area contributed by atoms with Crippen LogP contribution >= 0.6 is 11.6 Å². The van der Waals surface area contributed by atoms with Gasteiger partial charge in [-0.15, -0.1) is 0 Å². The van der Waals surface area contributed by atoms with Gasteiger partial charge in [0.1, 0.15) is 0 Å². The van der Waals surface area contributed by atoms with E-state index in [-0.39, 0.29) is 5.92 Å². The summed E-state index contributed by atoms with van der Waals surface area (Å²) in [6.07, 6.45) is 1.50. The van der Waals surface area contributed by atoms with Gasteiger partial charge in [0.05, 0.1) is 24.3 Å². The normalized spacial score (nSPS) is 20.1. The molecule has 0 radical (unpaired) electrons. The molecular formula is C16H24ClNO3. The first-order chi connectivity index (χ1) is 10.2. The van der Waals surface area contributed by atoms with Crippen LogP contribution in [-0.2, 0) is 0 Å². The lowest BCUT2D eigenvalue weighted by molar-refractivity contribution is 0.0919. The monoisotopic (exact) mass is 313 g/mol. The molecule has 118 valence electrons. The predicted octanol–water partition coefficient (Wildman–Crippen LogP) is 3.17. The van der Waals surface area contributed by atoms with E-state index in [2.05, 4.69) is 5.32 Å². The molecule has 21 heavy (non-hydrogen) atoms. The quantitative estimate of drug-likeness (QED) is 0.847. The molecular weight excluding hydrogens is 290 g/mol. The lowest BCUT2D eigenvalue weighted by Gasteiger charge is -2.28. The van der Waals surface area contributed by atoms with Crippen LogP contribution in [0.25, 0.3) is 0 Å². The molecule has 1 aromatic rings. The standard InChI is InChI=1S/C16H24ClNO3/c1-3-20-14-8-12(13(17)9-15(14)21-4-2)16(19)11-6-5-7-18-10-11/h8-9,11,16,18-19H,3-7,10H2,1-2H3. The molecule has 0 aromatic heterocycles. The number of hydrogen-bond acceptors (Lipinski definition) is 4. The van der Waals surface area contributed by atoms with Crippen LogP contribution in [0.4, 0.5) is 0 Å². The molecule has 1 aromatic carbocycles.